The van der Waals surface area contributed by atoms with Crippen LogP contribution in [-0.4, -0.2) is 43.7 Å². The van der Waals surface area contributed by atoms with Crippen molar-refractivity contribution in [3.63, 3.8) is 0 Å². The highest BCUT2D eigenvalue weighted by atomic mass is 16.5. The highest BCUT2D eigenvalue weighted by molar-refractivity contribution is 5.74. The van der Waals surface area contributed by atoms with Gasteiger partial charge in [0.05, 0.1) is 27.2 Å². The van der Waals surface area contributed by atoms with Crippen molar-refractivity contribution >= 4 is 5.97 Å². The molecule has 76 valence electrons. The van der Waals surface area contributed by atoms with Crippen molar-refractivity contribution in [1.82, 2.24) is 0 Å². The van der Waals surface area contributed by atoms with E-state index in [-0.39, 0.29) is 12.0 Å². The lowest BCUT2D eigenvalue weighted by Crippen LogP contribution is -2.56. The second kappa shape index (κ2) is 4.09. The maximum absolute atomic E-state index is 11.6. The Morgan fingerprint density at radius 1 is 1.46 bits per heavy atom. The van der Waals surface area contributed by atoms with Gasteiger partial charge in [-0.2, -0.15) is 0 Å². The first-order chi connectivity index (χ1) is 6.08. The molecule has 0 aromatic rings. The number of esters is 1. The molecule has 3 heteroatoms. The van der Waals surface area contributed by atoms with Crippen molar-refractivity contribution in [2.75, 3.05) is 27.2 Å². The van der Waals surface area contributed by atoms with E-state index in [1.165, 1.54) is 6.42 Å². The summed E-state index contributed by atoms with van der Waals surface area (Å²) in [6, 6.07) is 0.0636. The number of hydrogen-bond acceptors (Lipinski definition) is 2. The molecule has 0 bridgehead atoms. The summed E-state index contributed by atoms with van der Waals surface area (Å²) in [5, 5.41) is 0. The lowest BCUT2D eigenvalue weighted by atomic mass is 10.0. The van der Waals surface area contributed by atoms with Crippen LogP contribution < -0.4 is 0 Å². The third kappa shape index (κ3) is 2.44. The number of nitrogens with zero attached hydrogens (tertiary/aromatic N) is 1. The maximum Gasteiger partial charge on any atom is 0.364 e. The quantitative estimate of drug-likeness (QED) is 0.478. The monoisotopic (exact) mass is 186 g/mol. The van der Waals surface area contributed by atoms with Crippen molar-refractivity contribution in [3.05, 3.63) is 0 Å². The fourth-order valence-electron chi connectivity index (χ4n) is 2.00. The average Bonchev–Trinajstić information content (AvgIpc) is 2.03. The molecule has 0 aliphatic carbocycles. The van der Waals surface area contributed by atoms with Gasteiger partial charge in [-0.1, -0.05) is 0 Å². The molecular formula is C10H20NO2+. The van der Waals surface area contributed by atoms with Gasteiger partial charge >= 0.3 is 5.97 Å². The SMILES string of the molecule is CCOC(=O)C1CCCC[N+]1(C)C. The van der Waals surface area contributed by atoms with Gasteiger partial charge in [-0.05, 0) is 19.8 Å². The van der Waals surface area contributed by atoms with Crippen molar-refractivity contribution in [2.24, 2.45) is 0 Å². The zero-order valence-electron chi connectivity index (χ0n) is 8.88. The number of ether oxygens (including phenoxy) is 1. The molecule has 1 heterocycles. The van der Waals surface area contributed by atoms with Crippen molar-refractivity contribution in [1.29, 1.82) is 0 Å². The molecule has 1 aliphatic rings. The summed E-state index contributed by atoms with van der Waals surface area (Å²) in [6.07, 6.45) is 3.36. The maximum atomic E-state index is 11.6. The molecule has 1 fully saturated rings. The van der Waals surface area contributed by atoms with E-state index in [1.807, 2.05) is 6.92 Å². The zero-order chi connectivity index (χ0) is 9.90. The van der Waals surface area contributed by atoms with E-state index < -0.39 is 0 Å². The van der Waals surface area contributed by atoms with Crippen molar-refractivity contribution in [2.45, 2.75) is 32.2 Å². The molecule has 0 spiro atoms. The van der Waals surface area contributed by atoms with Gasteiger partial charge in [0, 0.05) is 6.42 Å². The van der Waals surface area contributed by atoms with E-state index >= 15 is 0 Å². The largest absolute Gasteiger partial charge is 0.462 e. The molecule has 1 aliphatic heterocycles. The molecule has 0 radical (unpaired) electrons. The zero-order valence-corrected chi connectivity index (χ0v) is 8.88. The van der Waals surface area contributed by atoms with Crippen LogP contribution in [0.1, 0.15) is 26.2 Å². The number of carbonyl (C=O) groups is 1. The minimum absolute atomic E-state index is 0.0211. The number of likely N-dealkylation sites (tertiary alicyclic amines) is 1. The molecule has 1 saturated heterocycles. The first-order valence-electron chi connectivity index (χ1n) is 5.07. The lowest BCUT2D eigenvalue weighted by molar-refractivity contribution is -0.911. The normalized spacial score (nSPS) is 26.8. The molecule has 0 aromatic carbocycles. The second-order valence-electron chi connectivity index (χ2n) is 4.27. The molecule has 0 aromatic heterocycles. The van der Waals surface area contributed by atoms with Crippen LogP contribution in [0.2, 0.25) is 0 Å². The fraction of sp³-hybridized carbons (Fsp3) is 0.900. The van der Waals surface area contributed by atoms with Gasteiger partial charge in [0.1, 0.15) is 0 Å². The molecule has 0 amide bonds. The second-order valence-corrected chi connectivity index (χ2v) is 4.27. The summed E-state index contributed by atoms with van der Waals surface area (Å²) in [5.74, 6) is -0.0211. The van der Waals surface area contributed by atoms with Gasteiger partial charge in [0.2, 0.25) is 0 Å². The van der Waals surface area contributed by atoms with E-state index in [0.29, 0.717) is 6.61 Å². The van der Waals surface area contributed by atoms with Crippen LogP contribution in [-0.2, 0) is 9.53 Å². The number of hydrogen-bond donors (Lipinski definition) is 0. The summed E-state index contributed by atoms with van der Waals surface area (Å²) in [4.78, 5) is 11.6. The minimum atomic E-state index is -0.0211. The Labute approximate surface area is 80.3 Å². The number of carbonyl (C=O) groups excluding carboxylic acids is 1. The topological polar surface area (TPSA) is 26.3 Å². The Morgan fingerprint density at radius 3 is 2.69 bits per heavy atom. The van der Waals surface area contributed by atoms with Crippen LogP contribution >= 0.6 is 0 Å². The van der Waals surface area contributed by atoms with Crippen LogP contribution in [0.5, 0.6) is 0 Å². The Balaban J connectivity index is 2.59. The first kappa shape index (κ1) is 10.5. The predicted octanol–water partition coefficient (Wildman–Crippen LogP) is 1.18. The molecule has 3 nitrogen and oxygen atoms in total. The van der Waals surface area contributed by atoms with Crippen LogP contribution in [0.25, 0.3) is 0 Å². The number of quaternary nitrogens is 1. The third-order valence-electron chi connectivity index (χ3n) is 2.86. The standard InChI is InChI=1S/C10H20NO2/c1-4-13-10(12)9-7-5-6-8-11(9,2)3/h9H,4-8H2,1-3H3/q+1. The average molecular weight is 186 g/mol. The van der Waals surface area contributed by atoms with E-state index in [2.05, 4.69) is 14.1 Å². The van der Waals surface area contributed by atoms with Gasteiger partial charge in [-0.25, -0.2) is 4.79 Å². The van der Waals surface area contributed by atoms with E-state index in [4.69, 9.17) is 4.74 Å². The number of piperidine rings is 1. The van der Waals surface area contributed by atoms with Gasteiger partial charge in [-0.3, -0.25) is 0 Å². The summed E-state index contributed by atoms with van der Waals surface area (Å²) in [6.45, 7) is 3.44. The smallest absolute Gasteiger partial charge is 0.364 e. The number of rotatable bonds is 2. The van der Waals surface area contributed by atoms with Crippen LogP contribution in [0.4, 0.5) is 0 Å². The minimum Gasteiger partial charge on any atom is -0.462 e. The summed E-state index contributed by atoms with van der Waals surface area (Å²) >= 11 is 0. The predicted molar refractivity (Wildman–Crippen MR) is 51.2 cm³/mol. The van der Waals surface area contributed by atoms with Gasteiger partial charge in [0.15, 0.2) is 6.04 Å². The molecule has 1 unspecified atom stereocenters. The summed E-state index contributed by atoms with van der Waals surface area (Å²) in [7, 11) is 4.22. The van der Waals surface area contributed by atoms with Crippen LogP contribution in [0.15, 0.2) is 0 Å². The van der Waals surface area contributed by atoms with Crippen LogP contribution in [0, 0.1) is 0 Å². The summed E-state index contributed by atoms with van der Waals surface area (Å²) < 4.78 is 5.85. The van der Waals surface area contributed by atoms with Gasteiger partial charge in [0.25, 0.3) is 0 Å². The molecule has 1 atom stereocenters. The molecule has 13 heavy (non-hydrogen) atoms. The van der Waals surface area contributed by atoms with Gasteiger partial charge < -0.3 is 9.22 Å². The molecule has 0 N–H and O–H groups in total. The fourth-order valence-corrected chi connectivity index (χ4v) is 2.00. The van der Waals surface area contributed by atoms with Crippen molar-refractivity contribution in [3.8, 4) is 0 Å². The highest BCUT2D eigenvalue weighted by Gasteiger charge is 2.38. The van der Waals surface area contributed by atoms with E-state index in [0.717, 1.165) is 23.9 Å². The van der Waals surface area contributed by atoms with Gasteiger partial charge in [-0.15, -0.1) is 0 Å². The Morgan fingerprint density at radius 2 is 2.15 bits per heavy atom. The first-order valence-corrected chi connectivity index (χ1v) is 5.07. The summed E-state index contributed by atoms with van der Waals surface area (Å²) in [5.41, 5.74) is 0. The lowest BCUT2D eigenvalue weighted by Gasteiger charge is -2.39. The van der Waals surface area contributed by atoms with E-state index in [1.54, 1.807) is 0 Å². The van der Waals surface area contributed by atoms with Crippen LogP contribution in [0.3, 0.4) is 0 Å². The Hall–Kier alpha value is -0.570. The van der Waals surface area contributed by atoms with Crippen molar-refractivity contribution < 1.29 is 14.0 Å². The number of likely N-dealkylation sites (N-methyl/N-ethyl adjacent to an activating group) is 1. The molecular weight excluding hydrogens is 166 g/mol. The van der Waals surface area contributed by atoms with E-state index in [9.17, 15) is 4.79 Å². The Kier molecular flexibility index (Phi) is 3.31. The third-order valence-corrected chi connectivity index (χ3v) is 2.86. The highest BCUT2D eigenvalue weighted by Crippen LogP contribution is 2.22. The molecule has 1 rings (SSSR count). The molecule has 0 saturated carbocycles. The Bertz CT molecular complexity index is 189.